The van der Waals surface area contributed by atoms with Gasteiger partial charge in [-0.1, -0.05) is 31.9 Å². The standard InChI is InChI=1S/C17H27NO3/c1-3-13(10-15(12-18)17(19)20)6-4-7-14-8-5-9-16(11-14)21-2/h5,8-9,11,13,15H,3-4,6-7,10,12,18H2,1-2H3,(H,19,20). The van der Waals surface area contributed by atoms with Crippen LogP contribution in [0.25, 0.3) is 0 Å². The number of carbonyl (C=O) groups is 1. The second kappa shape index (κ2) is 9.40. The molecule has 118 valence electrons. The van der Waals surface area contributed by atoms with Crippen molar-refractivity contribution >= 4 is 5.97 Å². The van der Waals surface area contributed by atoms with E-state index in [1.165, 1.54) is 5.56 Å². The Balaban J connectivity index is 2.42. The Hall–Kier alpha value is -1.55. The Morgan fingerprint density at radius 2 is 2.19 bits per heavy atom. The zero-order chi connectivity index (χ0) is 15.7. The van der Waals surface area contributed by atoms with E-state index in [0.29, 0.717) is 12.3 Å². The van der Waals surface area contributed by atoms with Gasteiger partial charge >= 0.3 is 5.97 Å². The molecule has 21 heavy (non-hydrogen) atoms. The Labute approximate surface area is 127 Å². The first-order valence-electron chi connectivity index (χ1n) is 7.66. The van der Waals surface area contributed by atoms with Crippen LogP contribution in [-0.2, 0) is 11.2 Å². The molecule has 0 aliphatic rings. The van der Waals surface area contributed by atoms with E-state index in [9.17, 15) is 4.79 Å². The molecule has 0 aliphatic heterocycles. The third-order valence-corrected chi connectivity index (χ3v) is 4.04. The summed E-state index contributed by atoms with van der Waals surface area (Å²) in [5, 5.41) is 9.08. The monoisotopic (exact) mass is 293 g/mol. The highest BCUT2D eigenvalue weighted by Gasteiger charge is 2.20. The number of carboxylic acid groups (broad SMARTS) is 1. The maximum atomic E-state index is 11.1. The summed E-state index contributed by atoms with van der Waals surface area (Å²) in [5.41, 5.74) is 6.80. The molecular formula is C17H27NO3. The molecule has 0 bridgehead atoms. The molecule has 0 heterocycles. The molecule has 4 nitrogen and oxygen atoms in total. The largest absolute Gasteiger partial charge is 0.497 e. The number of ether oxygens (including phenoxy) is 1. The van der Waals surface area contributed by atoms with Crippen molar-refractivity contribution < 1.29 is 14.6 Å². The number of carboxylic acids is 1. The fraction of sp³-hybridized carbons (Fsp3) is 0.588. The van der Waals surface area contributed by atoms with Crippen LogP contribution < -0.4 is 10.5 Å². The number of aryl methyl sites for hydroxylation is 1. The van der Waals surface area contributed by atoms with Crippen molar-refractivity contribution in [2.24, 2.45) is 17.6 Å². The van der Waals surface area contributed by atoms with Gasteiger partial charge in [0.1, 0.15) is 5.75 Å². The second-order valence-corrected chi connectivity index (χ2v) is 5.52. The van der Waals surface area contributed by atoms with Crippen LogP contribution in [-0.4, -0.2) is 24.7 Å². The third kappa shape index (κ3) is 6.17. The summed E-state index contributed by atoms with van der Waals surface area (Å²) in [6, 6.07) is 8.10. The first-order chi connectivity index (χ1) is 10.1. The highest BCUT2D eigenvalue weighted by atomic mass is 16.5. The van der Waals surface area contributed by atoms with E-state index in [1.54, 1.807) is 7.11 Å². The van der Waals surface area contributed by atoms with Crippen LogP contribution >= 0.6 is 0 Å². The minimum Gasteiger partial charge on any atom is -0.497 e. The van der Waals surface area contributed by atoms with Gasteiger partial charge < -0.3 is 15.6 Å². The Morgan fingerprint density at radius 1 is 1.43 bits per heavy atom. The number of nitrogens with two attached hydrogens (primary N) is 1. The lowest BCUT2D eigenvalue weighted by molar-refractivity contribution is -0.142. The van der Waals surface area contributed by atoms with Crippen LogP contribution in [0.1, 0.15) is 38.2 Å². The minimum atomic E-state index is -0.774. The molecule has 1 rings (SSSR count). The molecule has 2 atom stereocenters. The molecule has 0 amide bonds. The lowest BCUT2D eigenvalue weighted by atomic mass is 9.88. The number of hydrogen-bond acceptors (Lipinski definition) is 3. The van der Waals surface area contributed by atoms with Gasteiger partial charge in [0.2, 0.25) is 0 Å². The maximum absolute atomic E-state index is 11.1. The summed E-state index contributed by atoms with van der Waals surface area (Å²) in [5.74, 6) is 0.129. The zero-order valence-corrected chi connectivity index (χ0v) is 13.0. The second-order valence-electron chi connectivity index (χ2n) is 5.52. The third-order valence-electron chi connectivity index (χ3n) is 4.04. The molecule has 0 spiro atoms. The van der Waals surface area contributed by atoms with Crippen LogP contribution in [0.4, 0.5) is 0 Å². The molecule has 0 radical (unpaired) electrons. The van der Waals surface area contributed by atoms with Crippen LogP contribution in [0.15, 0.2) is 24.3 Å². The van der Waals surface area contributed by atoms with Crippen molar-refractivity contribution in [3.8, 4) is 5.75 Å². The normalized spacial score (nSPS) is 13.7. The van der Waals surface area contributed by atoms with E-state index < -0.39 is 11.9 Å². The average Bonchev–Trinajstić information content (AvgIpc) is 2.50. The van der Waals surface area contributed by atoms with Gasteiger partial charge in [0.25, 0.3) is 0 Å². The first kappa shape index (κ1) is 17.5. The van der Waals surface area contributed by atoms with Gasteiger partial charge in [-0.2, -0.15) is 0 Å². The van der Waals surface area contributed by atoms with E-state index in [0.717, 1.165) is 31.4 Å². The smallest absolute Gasteiger partial charge is 0.307 e. The Kier molecular flexibility index (Phi) is 7.83. The Morgan fingerprint density at radius 3 is 2.76 bits per heavy atom. The fourth-order valence-electron chi connectivity index (χ4n) is 2.61. The highest BCUT2D eigenvalue weighted by Crippen LogP contribution is 2.22. The summed E-state index contributed by atoms with van der Waals surface area (Å²) < 4.78 is 5.22. The summed E-state index contributed by atoms with van der Waals surface area (Å²) in [6.45, 7) is 2.34. The van der Waals surface area contributed by atoms with Crippen LogP contribution in [0, 0.1) is 11.8 Å². The maximum Gasteiger partial charge on any atom is 0.307 e. The van der Waals surface area contributed by atoms with Gasteiger partial charge in [-0.05, 0) is 42.9 Å². The summed E-state index contributed by atoms with van der Waals surface area (Å²) in [7, 11) is 1.67. The lowest BCUT2D eigenvalue weighted by Gasteiger charge is -2.18. The van der Waals surface area contributed by atoms with Crippen molar-refractivity contribution in [3.05, 3.63) is 29.8 Å². The first-order valence-corrected chi connectivity index (χ1v) is 7.66. The van der Waals surface area contributed by atoms with Gasteiger partial charge in [-0.15, -0.1) is 0 Å². The number of aliphatic carboxylic acids is 1. The predicted octanol–water partition coefficient (Wildman–Crippen LogP) is 3.09. The molecule has 0 aromatic heterocycles. The number of hydrogen-bond donors (Lipinski definition) is 2. The van der Waals surface area contributed by atoms with E-state index in [1.807, 2.05) is 12.1 Å². The predicted molar refractivity (Wildman–Crippen MR) is 84.5 cm³/mol. The zero-order valence-electron chi connectivity index (χ0n) is 13.0. The van der Waals surface area contributed by atoms with Gasteiger partial charge in [0.15, 0.2) is 0 Å². The molecule has 2 unspecified atom stereocenters. The highest BCUT2D eigenvalue weighted by molar-refractivity contribution is 5.70. The number of rotatable bonds is 10. The minimum absolute atomic E-state index is 0.224. The summed E-state index contributed by atoms with van der Waals surface area (Å²) >= 11 is 0. The van der Waals surface area contributed by atoms with E-state index in [2.05, 4.69) is 19.1 Å². The summed E-state index contributed by atoms with van der Waals surface area (Å²) in [4.78, 5) is 11.1. The molecule has 0 saturated heterocycles. The molecular weight excluding hydrogens is 266 g/mol. The van der Waals surface area contributed by atoms with Crippen molar-refractivity contribution in [1.29, 1.82) is 0 Å². The van der Waals surface area contributed by atoms with E-state index >= 15 is 0 Å². The van der Waals surface area contributed by atoms with Gasteiger partial charge in [0, 0.05) is 6.54 Å². The number of benzene rings is 1. The van der Waals surface area contributed by atoms with Crippen LogP contribution in [0.3, 0.4) is 0 Å². The average molecular weight is 293 g/mol. The Bertz CT molecular complexity index is 434. The van der Waals surface area contributed by atoms with E-state index in [-0.39, 0.29) is 6.54 Å². The van der Waals surface area contributed by atoms with E-state index in [4.69, 9.17) is 15.6 Å². The SMILES string of the molecule is CCC(CCCc1cccc(OC)c1)CC(CN)C(=O)O. The molecule has 1 aromatic rings. The van der Waals surface area contributed by atoms with Gasteiger partial charge in [-0.3, -0.25) is 4.79 Å². The van der Waals surface area contributed by atoms with Crippen LogP contribution in [0.2, 0.25) is 0 Å². The summed E-state index contributed by atoms with van der Waals surface area (Å²) in [6.07, 6.45) is 4.77. The van der Waals surface area contributed by atoms with Gasteiger partial charge in [0.05, 0.1) is 13.0 Å². The van der Waals surface area contributed by atoms with Crippen molar-refractivity contribution in [2.45, 2.75) is 39.0 Å². The molecule has 1 aromatic carbocycles. The van der Waals surface area contributed by atoms with Crippen LogP contribution in [0.5, 0.6) is 5.75 Å². The van der Waals surface area contributed by atoms with Crippen molar-refractivity contribution in [3.63, 3.8) is 0 Å². The molecule has 0 saturated carbocycles. The van der Waals surface area contributed by atoms with Crippen molar-refractivity contribution in [1.82, 2.24) is 0 Å². The topological polar surface area (TPSA) is 72.5 Å². The molecule has 0 aliphatic carbocycles. The lowest BCUT2D eigenvalue weighted by Crippen LogP contribution is -2.25. The molecule has 4 heteroatoms. The number of methoxy groups -OCH3 is 1. The molecule has 3 N–H and O–H groups in total. The van der Waals surface area contributed by atoms with Gasteiger partial charge in [-0.25, -0.2) is 0 Å². The molecule has 0 fully saturated rings. The van der Waals surface area contributed by atoms with Crippen molar-refractivity contribution in [2.75, 3.05) is 13.7 Å². The fourth-order valence-corrected chi connectivity index (χ4v) is 2.61. The quantitative estimate of drug-likeness (QED) is 0.695.